The molecule has 5 nitrogen and oxygen atoms in total. The fraction of sp³-hybridized carbons (Fsp3) is 0.316. The van der Waals surface area contributed by atoms with Crippen LogP contribution < -0.4 is 10.0 Å². The zero-order valence-electron chi connectivity index (χ0n) is 14.4. The largest absolute Gasteiger partial charge is 0.326 e. The third-order valence-electron chi connectivity index (χ3n) is 4.41. The van der Waals surface area contributed by atoms with Crippen molar-refractivity contribution < 1.29 is 17.6 Å². The number of rotatable bonds is 7. The first-order chi connectivity index (χ1) is 12.4. The minimum Gasteiger partial charge on any atom is -0.326 e. The van der Waals surface area contributed by atoms with E-state index < -0.39 is 10.0 Å². The molecule has 2 N–H and O–H groups in total. The number of sulfonamides is 1. The SMILES string of the molecule is CCCNS(=O)(=O)c1ccc(NC(=O)C2CC2c2ccccc2F)cc1. The molecule has 0 aromatic heterocycles. The van der Waals surface area contributed by atoms with Gasteiger partial charge in [0.25, 0.3) is 0 Å². The van der Waals surface area contributed by atoms with Crippen molar-refractivity contribution in [2.75, 3.05) is 11.9 Å². The lowest BCUT2D eigenvalue weighted by atomic mass is 10.1. The van der Waals surface area contributed by atoms with Crippen molar-refractivity contribution in [1.82, 2.24) is 4.72 Å². The van der Waals surface area contributed by atoms with Gasteiger partial charge < -0.3 is 5.32 Å². The molecule has 26 heavy (non-hydrogen) atoms. The van der Waals surface area contributed by atoms with Gasteiger partial charge in [-0.1, -0.05) is 25.1 Å². The number of anilines is 1. The van der Waals surface area contributed by atoms with Crippen LogP contribution in [-0.2, 0) is 14.8 Å². The number of hydrogen-bond donors (Lipinski definition) is 2. The van der Waals surface area contributed by atoms with Crippen molar-refractivity contribution in [3.05, 3.63) is 59.9 Å². The highest BCUT2D eigenvalue weighted by atomic mass is 32.2. The van der Waals surface area contributed by atoms with Gasteiger partial charge in [0.1, 0.15) is 5.82 Å². The molecule has 1 fully saturated rings. The monoisotopic (exact) mass is 376 g/mol. The van der Waals surface area contributed by atoms with Crippen LogP contribution in [0.4, 0.5) is 10.1 Å². The first-order valence-electron chi connectivity index (χ1n) is 8.57. The van der Waals surface area contributed by atoms with E-state index in [4.69, 9.17) is 0 Å². The summed E-state index contributed by atoms with van der Waals surface area (Å²) in [6.45, 7) is 2.26. The predicted octanol–water partition coefficient (Wildman–Crippen LogP) is 3.26. The van der Waals surface area contributed by atoms with Crippen molar-refractivity contribution in [1.29, 1.82) is 0 Å². The summed E-state index contributed by atoms with van der Waals surface area (Å²) in [6, 6.07) is 12.5. The van der Waals surface area contributed by atoms with Gasteiger partial charge in [-0.2, -0.15) is 0 Å². The fourth-order valence-corrected chi connectivity index (χ4v) is 4.01. The number of amides is 1. The fourth-order valence-electron chi connectivity index (χ4n) is 2.88. The highest BCUT2D eigenvalue weighted by Crippen LogP contribution is 2.48. The summed E-state index contributed by atoms with van der Waals surface area (Å²) in [7, 11) is -3.53. The normalized spacial score (nSPS) is 19.2. The number of benzene rings is 2. The Bertz CT molecular complexity index is 897. The molecule has 0 radical (unpaired) electrons. The summed E-state index contributed by atoms with van der Waals surface area (Å²) in [5, 5.41) is 2.77. The van der Waals surface area contributed by atoms with Crippen LogP contribution in [0.15, 0.2) is 53.4 Å². The number of hydrogen-bond acceptors (Lipinski definition) is 3. The van der Waals surface area contributed by atoms with Crippen LogP contribution in [-0.4, -0.2) is 20.9 Å². The van der Waals surface area contributed by atoms with Crippen molar-refractivity contribution in [3.63, 3.8) is 0 Å². The summed E-state index contributed by atoms with van der Waals surface area (Å²) in [6.07, 6.45) is 1.32. The van der Waals surface area contributed by atoms with E-state index >= 15 is 0 Å². The van der Waals surface area contributed by atoms with E-state index in [1.54, 1.807) is 30.3 Å². The van der Waals surface area contributed by atoms with Crippen LogP contribution in [0.3, 0.4) is 0 Å². The number of carbonyl (C=O) groups excluding carboxylic acids is 1. The molecule has 7 heteroatoms. The number of halogens is 1. The third-order valence-corrected chi connectivity index (χ3v) is 5.88. The van der Waals surface area contributed by atoms with Crippen LogP contribution in [0.2, 0.25) is 0 Å². The molecule has 0 heterocycles. The van der Waals surface area contributed by atoms with Gasteiger partial charge >= 0.3 is 0 Å². The van der Waals surface area contributed by atoms with Crippen LogP contribution in [0, 0.1) is 11.7 Å². The summed E-state index contributed by atoms with van der Waals surface area (Å²) >= 11 is 0. The molecule has 2 atom stereocenters. The Balaban J connectivity index is 1.62. The standard InChI is InChI=1S/C19H21FN2O3S/c1-2-11-21-26(24,25)14-9-7-13(8-10-14)22-19(23)17-12-16(17)15-5-3-4-6-18(15)20/h3-10,16-17,21H,2,11-12H2,1H3,(H,22,23). The molecular weight excluding hydrogens is 355 g/mol. The van der Waals surface area contributed by atoms with E-state index in [1.165, 1.54) is 18.2 Å². The van der Waals surface area contributed by atoms with E-state index in [0.29, 0.717) is 30.6 Å². The van der Waals surface area contributed by atoms with Gasteiger partial charge in [0, 0.05) is 18.2 Å². The summed E-state index contributed by atoms with van der Waals surface area (Å²) in [5.41, 5.74) is 1.08. The Kier molecular flexibility index (Phi) is 5.38. The lowest BCUT2D eigenvalue weighted by Crippen LogP contribution is -2.24. The van der Waals surface area contributed by atoms with Crippen molar-refractivity contribution >= 4 is 21.6 Å². The van der Waals surface area contributed by atoms with Crippen LogP contribution in [0.25, 0.3) is 0 Å². The lowest BCUT2D eigenvalue weighted by Gasteiger charge is -2.08. The van der Waals surface area contributed by atoms with Gasteiger partial charge in [0.15, 0.2) is 0 Å². The molecule has 1 aliphatic rings. The highest BCUT2D eigenvalue weighted by Gasteiger charge is 2.45. The van der Waals surface area contributed by atoms with Crippen molar-refractivity contribution in [2.24, 2.45) is 5.92 Å². The summed E-state index contributed by atoms with van der Waals surface area (Å²) in [4.78, 5) is 12.5. The maximum absolute atomic E-state index is 13.8. The van der Waals surface area contributed by atoms with E-state index in [0.717, 1.165) is 0 Å². The molecule has 3 rings (SSSR count). The highest BCUT2D eigenvalue weighted by molar-refractivity contribution is 7.89. The molecule has 138 valence electrons. The van der Waals surface area contributed by atoms with Gasteiger partial charge in [-0.25, -0.2) is 17.5 Å². The van der Waals surface area contributed by atoms with E-state index in [9.17, 15) is 17.6 Å². The lowest BCUT2D eigenvalue weighted by molar-refractivity contribution is -0.117. The predicted molar refractivity (Wildman–Crippen MR) is 97.8 cm³/mol. The first-order valence-corrected chi connectivity index (χ1v) is 10.1. The quantitative estimate of drug-likeness (QED) is 0.779. The van der Waals surface area contributed by atoms with E-state index in [-0.39, 0.29) is 28.5 Å². The molecule has 2 aromatic rings. The second-order valence-corrected chi connectivity index (χ2v) is 8.15. The Morgan fingerprint density at radius 1 is 1.15 bits per heavy atom. The average Bonchev–Trinajstić information content (AvgIpc) is 3.41. The van der Waals surface area contributed by atoms with Gasteiger partial charge in [-0.15, -0.1) is 0 Å². The van der Waals surface area contributed by atoms with E-state index in [1.807, 2.05) is 6.92 Å². The Labute approximate surface area is 152 Å². The zero-order valence-corrected chi connectivity index (χ0v) is 15.2. The van der Waals surface area contributed by atoms with E-state index in [2.05, 4.69) is 10.0 Å². The Morgan fingerprint density at radius 3 is 2.50 bits per heavy atom. The molecule has 0 bridgehead atoms. The van der Waals surface area contributed by atoms with Crippen LogP contribution >= 0.6 is 0 Å². The number of carbonyl (C=O) groups is 1. The molecule has 2 aromatic carbocycles. The molecule has 0 spiro atoms. The average molecular weight is 376 g/mol. The van der Waals surface area contributed by atoms with Crippen molar-refractivity contribution in [3.8, 4) is 0 Å². The van der Waals surface area contributed by atoms with Crippen LogP contribution in [0.1, 0.15) is 31.2 Å². The molecular formula is C19H21FN2O3S. The second-order valence-electron chi connectivity index (χ2n) is 6.38. The Hall–Kier alpha value is -2.25. The number of nitrogens with one attached hydrogen (secondary N) is 2. The summed E-state index contributed by atoms with van der Waals surface area (Å²) < 4.78 is 40.4. The first kappa shape index (κ1) is 18.5. The Morgan fingerprint density at radius 2 is 1.85 bits per heavy atom. The third kappa shape index (κ3) is 4.11. The minimum atomic E-state index is -3.53. The summed E-state index contributed by atoms with van der Waals surface area (Å²) in [5.74, 6) is -0.837. The van der Waals surface area contributed by atoms with Gasteiger partial charge in [0.05, 0.1) is 4.90 Å². The smallest absolute Gasteiger partial charge is 0.240 e. The maximum Gasteiger partial charge on any atom is 0.240 e. The van der Waals surface area contributed by atoms with Gasteiger partial charge in [-0.05, 0) is 54.7 Å². The van der Waals surface area contributed by atoms with Gasteiger partial charge in [-0.3, -0.25) is 4.79 Å². The molecule has 0 aliphatic heterocycles. The molecule has 2 unspecified atom stereocenters. The molecule has 0 saturated heterocycles. The zero-order chi connectivity index (χ0) is 18.7. The molecule has 1 amide bonds. The maximum atomic E-state index is 13.8. The van der Waals surface area contributed by atoms with Gasteiger partial charge in [0.2, 0.25) is 15.9 Å². The topological polar surface area (TPSA) is 75.3 Å². The second kappa shape index (κ2) is 7.55. The minimum absolute atomic E-state index is 0.103. The molecule has 1 saturated carbocycles. The molecule has 1 aliphatic carbocycles. The van der Waals surface area contributed by atoms with Crippen LogP contribution in [0.5, 0.6) is 0 Å². The van der Waals surface area contributed by atoms with Crippen molar-refractivity contribution in [2.45, 2.75) is 30.6 Å².